The van der Waals surface area contributed by atoms with Crippen LogP contribution in [-0.2, 0) is 0 Å². The minimum absolute atomic E-state index is 0.251. The van der Waals surface area contributed by atoms with E-state index in [-0.39, 0.29) is 5.56 Å². The zero-order chi connectivity index (χ0) is 14.3. The number of carboxylic acids is 1. The Labute approximate surface area is 113 Å². The van der Waals surface area contributed by atoms with E-state index in [0.29, 0.717) is 5.75 Å². The summed E-state index contributed by atoms with van der Waals surface area (Å²) in [7, 11) is 0. The average molecular weight is 258 g/mol. The maximum atomic E-state index is 10.7. The van der Waals surface area contributed by atoms with E-state index in [1.807, 2.05) is 45.0 Å². The molecule has 0 aliphatic carbocycles. The van der Waals surface area contributed by atoms with Crippen molar-refractivity contribution in [2.24, 2.45) is 0 Å². The minimum atomic E-state index is -0.938. The van der Waals surface area contributed by atoms with Crippen LogP contribution < -0.4 is 4.74 Å². The van der Waals surface area contributed by atoms with Crippen LogP contribution in [0.15, 0.2) is 48.5 Å². The molecule has 0 unspecified atom stereocenters. The fourth-order valence-electron chi connectivity index (χ4n) is 1.41. The molecule has 2 aromatic rings. The first-order valence-corrected chi connectivity index (χ1v) is 6.23. The fraction of sp³-hybridized carbons (Fsp3) is 0.188. The van der Waals surface area contributed by atoms with E-state index < -0.39 is 5.97 Å². The largest absolute Gasteiger partial charge is 0.478 e. The molecule has 0 spiro atoms. The number of carbonyl (C=O) groups is 1. The Bertz CT molecular complexity index is 513. The van der Waals surface area contributed by atoms with Gasteiger partial charge in [0.1, 0.15) is 11.5 Å². The number of hydrogen-bond donors (Lipinski definition) is 1. The first-order chi connectivity index (χ1) is 9.15. The van der Waals surface area contributed by atoms with Crippen molar-refractivity contribution in [3.05, 3.63) is 59.7 Å². The molecular formula is C16H18O3. The van der Waals surface area contributed by atoms with E-state index in [1.165, 1.54) is 17.7 Å². The number of rotatable bonds is 3. The lowest BCUT2D eigenvalue weighted by Gasteiger charge is -2.05. The summed E-state index contributed by atoms with van der Waals surface area (Å²) >= 11 is 0. The number of aryl methyl sites for hydroxylation is 1. The third-order valence-corrected chi connectivity index (χ3v) is 2.36. The van der Waals surface area contributed by atoms with Crippen LogP contribution in [0.5, 0.6) is 11.5 Å². The monoisotopic (exact) mass is 258 g/mol. The highest BCUT2D eigenvalue weighted by Gasteiger charge is 2.02. The third kappa shape index (κ3) is 4.47. The van der Waals surface area contributed by atoms with Crippen LogP contribution in [0.1, 0.15) is 29.8 Å². The smallest absolute Gasteiger partial charge is 0.335 e. The molecule has 0 heterocycles. The Morgan fingerprint density at radius 3 is 1.74 bits per heavy atom. The summed E-state index contributed by atoms with van der Waals surface area (Å²) in [5, 5.41) is 8.76. The van der Waals surface area contributed by atoms with E-state index in [2.05, 4.69) is 0 Å². The third-order valence-electron chi connectivity index (χ3n) is 2.36. The molecule has 0 atom stereocenters. The van der Waals surface area contributed by atoms with Crippen molar-refractivity contribution in [1.29, 1.82) is 0 Å². The summed E-state index contributed by atoms with van der Waals surface area (Å²) < 4.78 is 5.58. The van der Waals surface area contributed by atoms with Gasteiger partial charge in [0.25, 0.3) is 0 Å². The van der Waals surface area contributed by atoms with Crippen molar-refractivity contribution in [3.63, 3.8) is 0 Å². The standard InChI is InChI=1S/C14H12O3.C2H6/c1-10-2-6-12(7-3-10)17-13-8-4-11(5-9-13)14(15)16;1-2/h2-9H,1H3,(H,15,16);1-2H3. The van der Waals surface area contributed by atoms with Crippen LogP contribution in [0, 0.1) is 6.92 Å². The van der Waals surface area contributed by atoms with Gasteiger partial charge in [0.2, 0.25) is 0 Å². The minimum Gasteiger partial charge on any atom is -0.478 e. The van der Waals surface area contributed by atoms with E-state index in [9.17, 15) is 4.79 Å². The number of hydrogen-bond acceptors (Lipinski definition) is 2. The first-order valence-electron chi connectivity index (χ1n) is 6.23. The summed E-state index contributed by atoms with van der Waals surface area (Å²) in [4.78, 5) is 10.7. The maximum Gasteiger partial charge on any atom is 0.335 e. The predicted molar refractivity (Wildman–Crippen MR) is 76.0 cm³/mol. The van der Waals surface area contributed by atoms with Gasteiger partial charge in [0.05, 0.1) is 5.56 Å². The molecule has 19 heavy (non-hydrogen) atoms. The number of aromatic carboxylic acids is 1. The number of benzene rings is 2. The second-order valence-electron chi connectivity index (χ2n) is 3.74. The van der Waals surface area contributed by atoms with Crippen molar-refractivity contribution in [2.75, 3.05) is 0 Å². The molecule has 0 saturated heterocycles. The Balaban J connectivity index is 0.000000861. The molecule has 0 amide bonds. The first kappa shape index (κ1) is 14.8. The highest BCUT2D eigenvalue weighted by atomic mass is 16.5. The molecule has 3 nitrogen and oxygen atoms in total. The van der Waals surface area contributed by atoms with Gasteiger partial charge in [-0.15, -0.1) is 0 Å². The van der Waals surface area contributed by atoms with Gasteiger partial charge in [-0.1, -0.05) is 31.5 Å². The van der Waals surface area contributed by atoms with E-state index in [0.717, 1.165) is 5.75 Å². The fourth-order valence-corrected chi connectivity index (χ4v) is 1.41. The van der Waals surface area contributed by atoms with Crippen LogP contribution in [-0.4, -0.2) is 11.1 Å². The molecule has 0 bridgehead atoms. The molecule has 0 aromatic heterocycles. The zero-order valence-corrected chi connectivity index (χ0v) is 11.4. The molecule has 0 saturated carbocycles. The SMILES string of the molecule is CC.Cc1ccc(Oc2ccc(C(=O)O)cc2)cc1. The molecule has 3 heteroatoms. The number of carboxylic acid groups (broad SMARTS) is 1. The normalized spacial score (nSPS) is 9.21. The van der Waals surface area contributed by atoms with Crippen molar-refractivity contribution in [2.45, 2.75) is 20.8 Å². The van der Waals surface area contributed by atoms with Crippen molar-refractivity contribution in [3.8, 4) is 11.5 Å². The lowest BCUT2D eigenvalue weighted by Crippen LogP contribution is -1.95. The highest BCUT2D eigenvalue weighted by Crippen LogP contribution is 2.21. The molecular weight excluding hydrogens is 240 g/mol. The van der Waals surface area contributed by atoms with Crippen LogP contribution in [0.3, 0.4) is 0 Å². The van der Waals surface area contributed by atoms with E-state index in [1.54, 1.807) is 12.1 Å². The highest BCUT2D eigenvalue weighted by molar-refractivity contribution is 5.87. The van der Waals surface area contributed by atoms with E-state index in [4.69, 9.17) is 9.84 Å². The van der Waals surface area contributed by atoms with Gasteiger partial charge in [0, 0.05) is 0 Å². The average Bonchev–Trinajstić information content (AvgIpc) is 2.44. The van der Waals surface area contributed by atoms with Crippen LogP contribution in [0.2, 0.25) is 0 Å². The second kappa shape index (κ2) is 7.21. The summed E-state index contributed by atoms with van der Waals surface area (Å²) in [6.45, 7) is 6.01. The quantitative estimate of drug-likeness (QED) is 0.880. The predicted octanol–water partition coefficient (Wildman–Crippen LogP) is 4.51. The van der Waals surface area contributed by atoms with Crippen LogP contribution in [0.4, 0.5) is 0 Å². The van der Waals surface area contributed by atoms with Gasteiger partial charge in [-0.05, 0) is 43.3 Å². The molecule has 1 N–H and O–H groups in total. The Morgan fingerprint density at radius 2 is 1.32 bits per heavy atom. The maximum absolute atomic E-state index is 10.7. The summed E-state index contributed by atoms with van der Waals surface area (Å²) in [5.41, 5.74) is 1.42. The van der Waals surface area contributed by atoms with Gasteiger partial charge in [-0.3, -0.25) is 0 Å². The Kier molecular flexibility index (Phi) is 5.61. The lowest BCUT2D eigenvalue weighted by atomic mass is 10.2. The molecule has 2 rings (SSSR count). The van der Waals surface area contributed by atoms with Gasteiger partial charge >= 0.3 is 5.97 Å². The van der Waals surface area contributed by atoms with Gasteiger partial charge in [-0.25, -0.2) is 4.79 Å². The number of ether oxygens (including phenoxy) is 1. The molecule has 2 aromatic carbocycles. The van der Waals surface area contributed by atoms with Gasteiger partial charge < -0.3 is 9.84 Å². The van der Waals surface area contributed by atoms with Gasteiger partial charge in [0.15, 0.2) is 0 Å². The van der Waals surface area contributed by atoms with Gasteiger partial charge in [-0.2, -0.15) is 0 Å². The Morgan fingerprint density at radius 1 is 0.895 bits per heavy atom. The van der Waals surface area contributed by atoms with Crippen LogP contribution in [0.25, 0.3) is 0 Å². The van der Waals surface area contributed by atoms with Crippen molar-refractivity contribution in [1.82, 2.24) is 0 Å². The lowest BCUT2D eigenvalue weighted by molar-refractivity contribution is 0.0697. The van der Waals surface area contributed by atoms with Crippen LogP contribution >= 0.6 is 0 Å². The molecule has 0 fully saturated rings. The molecule has 0 aliphatic heterocycles. The van der Waals surface area contributed by atoms with Crippen molar-refractivity contribution >= 4 is 5.97 Å². The molecule has 0 aliphatic rings. The summed E-state index contributed by atoms with van der Waals surface area (Å²) in [6, 6.07) is 14.0. The zero-order valence-electron chi connectivity index (χ0n) is 11.4. The summed E-state index contributed by atoms with van der Waals surface area (Å²) in [5.74, 6) is 0.421. The topological polar surface area (TPSA) is 46.5 Å². The summed E-state index contributed by atoms with van der Waals surface area (Å²) in [6.07, 6.45) is 0. The second-order valence-corrected chi connectivity index (χ2v) is 3.74. The van der Waals surface area contributed by atoms with E-state index >= 15 is 0 Å². The van der Waals surface area contributed by atoms with Crippen molar-refractivity contribution < 1.29 is 14.6 Å². The molecule has 0 radical (unpaired) electrons. The Hall–Kier alpha value is -2.29. The molecule has 100 valence electrons.